The molecule has 2 heterocycles. The summed E-state index contributed by atoms with van der Waals surface area (Å²) in [7, 11) is 0. The second kappa shape index (κ2) is 8.30. The zero-order chi connectivity index (χ0) is 21.6. The molecule has 1 unspecified atom stereocenters. The topological polar surface area (TPSA) is 47.4 Å². The van der Waals surface area contributed by atoms with Gasteiger partial charge in [0, 0.05) is 19.0 Å². The van der Waals surface area contributed by atoms with Crippen molar-refractivity contribution in [3.05, 3.63) is 49.8 Å². The molecule has 0 N–H and O–H groups in total. The average molecular weight is 546 g/mol. The number of imidazole rings is 1. The molecule has 0 spiro atoms. The Balaban J connectivity index is 1.64. The minimum absolute atomic E-state index is 0.119. The summed E-state index contributed by atoms with van der Waals surface area (Å²) in [5.41, 5.74) is 1.37. The molecule has 1 aliphatic carbocycles. The SMILES string of the molecule is CC(C)(C)OC(=O)N1CCn2c(C3CC3)nc(I)c2C1CCc1ccc(Cl)c(F)c1. The number of aromatic nitrogens is 2. The van der Waals surface area contributed by atoms with Crippen molar-refractivity contribution < 1.29 is 13.9 Å². The van der Waals surface area contributed by atoms with Gasteiger partial charge in [-0.05, 0) is 86.7 Å². The van der Waals surface area contributed by atoms with Gasteiger partial charge in [0.1, 0.15) is 20.9 Å². The molecule has 1 fully saturated rings. The van der Waals surface area contributed by atoms with E-state index in [1.54, 1.807) is 6.07 Å². The zero-order valence-electron chi connectivity index (χ0n) is 17.4. The van der Waals surface area contributed by atoms with E-state index in [1.807, 2.05) is 31.7 Å². The van der Waals surface area contributed by atoms with Crippen LogP contribution in [0.25, 0.3) is 0 Å². The van der Waals surface area contributed by atoms with Crippen molar-refractivity contribution >= 4 is 40.3 Å². The van der Waals surface area contributed by atoms with Gasteiger partial charge < -0.3 is 9.30 Å². The number of benzene rings is 1. The molecular weight excluding hydrogens is 520 g/mol. The molecular formula is C22H26ClFIN3O2. The molecule has 1 atom stereocenters. The van der Waals surface area contributed by atoms with Crippen molar-refractivity contribution in [3.8, 4) is 0 Å². The zero-order valence-corrected chi connectivity index (χ0v) is 20.3. The summed E-state index contributed by atoms with van der Waals surface area (Å²) in [6.07, 6.45) is 3.32. The van der Waals surface area contributed by atoms with E-state index in [0.717, 1.165) is 27.3 Å². The molecule has 1 amide bonds. The molecule has 1 aliphatic heterocycles. The molecule has 162 valence electrons. The van der Waals surface area contributed by atoms with E-state index in [-0.39, 0.29) is 17.2 Å². The van der Waals surface area contributed by atoms with Crippen molar-refractivity contribution in [2.24, 2.45) is 0 Å². The number of halogens is 3. The molecule has 1 saturated carbocycles. The van der Waals surface area contributed by atoms with Gasteiger partial charge >= 0.3 is 6.09 Å². The van der Waals surface area contributed by atoms with Crippen LogP contribution in [-0.4, -0.2) is 32.7 Å². The highest BCUT2D eigenvalue weighted by atomic mass is 127. The standard InChI is InChI=1S/C22H26ClFIN3O2/c1-22(2,3)30-21(29)27-10-11-28-18(19(25)26-20(28)14-6-7-14)17(27)9-5-13-4-8-15(23)16(24)12-13/h4,8,12,14,17H,5-7,9-11H2,1-3H3. The number of amides is 1. The number of hydrogen-bond acceptors (Lipinski definition) is 3. The van der Waals surface area contributed by atoms with Gasteiger partial charge in [-0.25, -0.2) is 14.2 Å². The fraction of sp³-hybridized carbons (Fsp3) is 0.545. The van der Waals surface area contributed by atoms with E-state index < -0.39 is 11.4 Å². The predicted octanol–water partition coefficient (Wildman–Crippen LogP) is 6.08. The second-order valence-corrected chi connectivity index (χ2v) is 10.5. The smallest absolute Gasteiger partial charge is 0.410 e. The molecule has 1 aromatic heterocycles. The Morgan fingerprint density at radius 3 is 2.70 bits per heavy atom. The normalized spacial score (nSPS) is 19.0. The van der Waals surface area contributed by atoms with Crippen molar-refractivity contribution in [1.29, 1.82) is 0 Å². The maximum atomic E-state index is 13.9. The van der Waals surface area contributed by atoms with E-state index in [0.29, 0.717) is 25.3 Å². The Morgan fingerprint density at radius 1 is 1.33 bits per heavy atom. The molecule has 2 aromatic rings. The summed E-state index contributed by atoms with van der Waals surface area (Å²) in [5.74, 6) is 1.25. The molecule has 0 saturated heterocycles. The van der Waals surface area contributed by atoms with E-state index in [2.05, 4.69) is 27.2 Å². The lowest BCUT2D eigenvalue weighted by Gasteiger charge is -2.38. The first-order valence-electron chi connectivity index (χ1n) is 10.3. The van der Waals surface area contributed by atoms with Crippen molar-refractivity contribution in [3.63, 3.8) is 0 Å². The van der Waals surface area contributed by atoms with Gasteiger partial charge in [-0.3, -0.25) is 4.90 Å². The highest BCUT2D eigenvalue weighted by molar-refractivity contribution is 14.1. The number of rotatable bonds is 4. The van der Waals surface area contributed by atoms with Gasteiger partial charge in [0.15, 0.2) is 0 Å². The number of fused-ring (bicyclic) bond motifs is 1. The summed E-state index contributed by atoms with van der Waals surface area (Å²) in [6, 6.07) is 4.72. The van der Waals surface area contributed by atoms with Gasteiger partial charge in [-0.1, -0.05) is 17.7 Å². The van der Waals surface area contributed by atoms with Crippen LogP contribution in [0.2, 0.25) is 5.02 Å². The fourth-order valence-corrected chi connectivity index (χ4v) is 5.02. The number of carbonyl (C=O) groups excluding carboxylic acids is 1. The number of carbonyl (C=O) groups is 1. The van der Waals surface area contributed by atoms with Gasteiger partial charge in [-0.2, -0.15) is 0 Å². The quantitative estimate of drug-likeness (QED) is 0.438. The summed E-state index contributed by atoms with van der Waals surface area (Å²) < 4.78 is 22.8. The Morgan fingerprint density at radius 2 is 2.07 bits per heavy atom. The van der Waals surface area contributed by atoms with Crippen LogP contribution in [0.5, 0.6) is 0 Å². The molecule has 0 bridgehead atoms. The molecule has 2 aliphatic rings. The third-order valence-corrected chi connectivity index (χ3v) is 6.61. The van der Waals surface area contributed by atoms with Crippen LogP contribution in [0, 0.1) is 9.52 Å². The summed E-state index contributed by atoms with van der Waals surface area (Å²) >= 11 is 8.10. The van der Waals surface area contributed by atoms with Crippen LogP contribution in [0.3, 0.4) is 0 Å². The van der Waals surface area contributed by atoms with Crippen molar-refractivity contribution in [2.45, 2.75) is 70.6 Å². The van der Waals surface area contributed by atoms with E-state index in [1.165, 1.54) is 18.9 Å². The van der Waals surface area contributed by atoms with Crippen LogP contribution in [0.15, 0.2) is 18.2 Å². The van der Waals surface area contributed by atoms with Crippen LogP contribution >= 0.6 is 34.2 Å². The first-order chi connectivity index (χ1) is 14.1. The summed E-state index contributed by atoms with van der Waals surface area (Å²) in [4.78, 5) is 19.7. The van der Waals surface area contributed by atoms with Crippen LogP contribution < -0.4 is 0 Å². The Kier molecular flexibility index (Phi) is 6.05. The van der Waals surface area contributed by atoms with Gasteiger partial charge in [0.25, 0.3) is 0 Å². The maximum Gasteiger partial charge on any atom is 0.410 e. The van der Waals surface area contributed by atoms with E-state index in [9.17, 15) is 9.18 Å². The highest BCUT2D eigenvalue weighted by Gasteiger charge is 2.39. The number of hydrogen-bond donors (Lipinski definition) is 0. The van der Waals surface area contributed by atoms with E-state index >= 15 is 0 Å². The van der Waals surface area contributed by atoms with Gasteiger partial charge in [0.2, 0.25) is 0 Å². The molecule has 0 radical (unpaired) electrons. The van der Waals surface area contributed by atoms with Crippen LogP contribution in [0.1, 0.15) is 69.1 Å². The number of aryl methyl sites for hydroxylation is 1. The largest absolute Gasteiger partial charge is 0.444 e. The Bertz CT molecular complexity index is 968. The first-order valence-corrected chi connectivity index (χ1v) is 11.8. The van der Waals surface area contributed by atoms with Gasteiger partial charge in [-0.15, -0.1) is 0 Å². The Labute approximate surface area is 195 Å². The molecule has 30 heavy (non-hydrogen) atoms. The summed E-state index contributed by atoms with van der Waals surface area (Å²) in [5, 5.41) is 0.119. The minimum atomic E-state index is -0.565. The Hall–Kier alpha value is -1.35. The molecule has 5 nitrogen and oxygen atoms in total. The predicted molar refractivity (Wildman–Crippen MR) is 122 cm³/mol. The van der Waals surface area contributed by atoms with Crippen molar-refractivity contribution in [1.82, 2.24) is 14.5 Å². The number of nitrogens with zero attached hydrogens (tertiary/aromatic N) is 3. The lowest BCUT2D eigenvalue weighted by Crippen LogP contribution is -2.45. The van der Waals surface area contributed by atoms with Gasteiger partial charge in [0.05, 0.1) is 16.8 Å². The fourth-order valence-electron chi connectivity index (χ4n) is 4.00. The molecule has 4 rings (SSSR count). The second-order valence-electron chi connectivity index (χ2n) is 9.05. The third-order valence-electron chi connectivity index (χ3n) is 5.51. The monoisotopic (exact) mass is 545 g/mol. The lowest BCUT2D eigenvalue weighted by molar-refractivity contribution is 0.00934. The van der Waals surface area contributed by atoms with Crippen LogP contribution in [-0.2, 0) is 17.7 Å². The molecule has 1 aromatic carbocycles. The number of ether oxygens (including phenoxy) is 1. The lowest BCUT2D eigenvalue weighted by atomic mass is 10.0. The molecule has 8 heteroatoms. The summed E-state index contributed by atoms with van der Waals surface area (Å²) in [6.45, 7) is 6.93. The van der Waals surface area contributed by atoms with Crippen molar-refractivity contribution in [2.75, 3.05) is 6.54 Å². The first kappa shape index (κ1) is 21.9. The minimum Gasteiger partial charge on any atom is -0.444 e. The van der Waals surface area contributed by atoms with E-state index in [4.69, 9.17) is 21.3 Å². The third kappa shape index (κ3) is 4.61. The highest BCUT2D eigenvalue weighted by Crippen LogP contribution is 2.43. The maximum absolute atomic E-state index is 13.9. The average Bonchev–Trinajstić information content (AvgIpc) is 3.45. The van der Waals surface area contributed by atoms with Crippen LogP contribution in [0.4, 0.5) is 9.18 Å².